The van der Waals surface area contributed by atoms with E-state index in [1.54, 1.807) is 0 Å². The summed E-state index contributed by atoms with van der Waals surface area (Å²) in [6, 6.07) is 0. The molecule has 0 radical (unpaired) electrons. The summed E-state index contributed by atoms with van der Waals surface area (Å²) in [6.07, 6.45) is 6.22. The van der Waals surface area contributed by atoms with E-state index in [1.165, 1.54) is 19.3 Å². The molecule has 0 aromatic heterocycles. The standard InChI is InChI=1S/C13H23BO2/c1-11(2)12(3,4)16-14(15-11)10-9-13(5)7-6-8-13/h9-10H,6-8H2,1-5H3. The zero-order valence-corrected chi connectivity index (χ0v) is 11.2. The molecule has 0 spiro atoms. The van der Waals surface area contributed by atoms with E-state index in [2.05, 4.69) is 46.7 Å². The van der Waals surface area contributed by atoms with Crippen LogP contribution in [0.15, 0.2) is 12.1 Å². The van der Waals surface area contributed by atoms with Gasteiger partial charge in [-0.2, -0.15) is 0 Å². The molecule has 1 saturated carbocycles. The van der Waals surface area contributed by atoms with Gasteiger partial charge in [-0.3, -0.25) is 0 Å². The van der Waals surface area contributed by atoms with Crippen LogP contribution in [0.1, 0.15) is 53.9 Å². The minimum atomic E-state index is -0.220. The molecule has 90 valence electrons. The molecule has 1 saturated heterocycles. The molecule has 0 atom stereocenters. The van der Waals surface area contributed by atoms with Crippen molar-refractivity contribution >= 4 is 7.12 Å². The van der Waals surface area contributed by atoms with Gasteiger partial charge in [-0.15, -0.1) is 0 Å². The van der Waals surface area contributed by atoms with Crippen LogP contribution in [0.4, 0.5) is 0 Å². The van der Waals surface area contributed by atoms with Gasteiger partial charge in [-0.25, -0.2) is 0 Å². The Kier molecular flexibility index (Phi) is 2.75. The molecular formula is C13H23BO2. The van der Waals surface area contributed by atoms with Crippen molar-refractivity contribution in [2.45, 2.75) is 65.1 Å². The van der Waals surface area contributed by atoms with E-state index in [9.17, 15) is 0 Å². The summed E-state index contributed by atoms with van der Waals surface area (Å²) >= 11 is 0. The van der Waals surface area contributed by atoms with Gasteiger partial charge in [0.1, 0.15) is 0 Å². The Morgan fingerprint density at radius 1 is 0.938 bits per heavy atom. The Balaban J connectivity index is 1.99. The van der Waals surface area contributed by atoms with Gasteiger partial charge in [0.2, 0.25) is 0 Å². The first-order valence-corrected chi connectivity index (χ1v) is 6.29. The zero-order valence-electron chi connectivity index (χ0n) is 11.2. The van der Waals surface area contributed by atoms with Crippen LogP contribution in [0.3, 0.4) is 0 Å². The lowest BCUT2D eigenvalue weighted by Crippen LogP contribution is -2.41. The van der Waals surface area contributed by atoms with Gasteiger partial charge in [0.15, 0.2) is 0 Å². The predicted molar refractivity (Wildman–Crippen MR) is 67.2 cm³/mol. The van der Waals surface area contributed by atoms with Crippen molar-refractivity contribution in [1.82, 2.24) is 0 Å². The summed E-state index contributed by atoms with van der Waals surface area (Å²) in [5, 5.41) is 0. The topological polar surface area (TPSA) is 18.5 Å². The van der Waals surface area contributed by atoms with E-state index >= 15 is 0 Å². The minimum absolute atomic E-state index is 0.178. The van der Waals surface area contributed by atoms with E-state index in [0.717, 1.165) is 0 Å². The largest absolute Gasteiger partial charge is 0.486 e. The number of hydrogen-bond donors (Lipinski definition) is 0. The Labute approximate surface area is 99.5 Å². The summed E-state index contributed by atoms with van der Waals surface area (Å²) in [5.74, 6) is 2.09. The van der Waals surface area contributed by atoms with Crippen LogP contribution in [0.25, 0.3) is 0 Å². The predicted octanol–water partition coefficient (Wildman–Crippen LogP) is 3.36. The Hall–Kier alpha value is -0.275. The quantitative estimate of drug-likeness (QED) is 0.667. The molecule has 0 N–H and O–H groups in total. The second-order valence-electron chi connectivity index (χ2n) is 6.49. The van der Waals surface area contributed by atoms with Crippen LogP contribution in [0, 0.1) is 5.41 Å². The maximum Gasteiger partial charge on any atom is 0.486 e. The fraction of sp³-hybridized carbons (Fsp3) is 0.846. The highest BCUT2D eigenvalue weighted by atomic mass is 16.7. The summed E-state index contributed by atoms with van der Waals surface area (Å²) in [4.78, 5) is 0. The van der Waals surface area contributed by atoms with Crippen LogP contribution >= 0.6 is 0 Å². The lowest BCUT2D eigenvalue weighted by atomic mass is 9.68. The van der Waals surface area contributed by atoms with Crippen molar-refractivity contribution < 1.29 is 9.31 Å². The first-order valence-electron chi connectivity index (χ1n) is 6.29. The summed E-state index contributed by atoms with van der Waals surface area (Å²) in [7, 11) is -0.178. The van der Waals surface area contributed by atoms with E-state index in [4.69, 9.17) is 9.31 Å². The molecule has 0 bridgehead atoms. The first kappa shape index (κ1) is 12.2. The van der Waals surface area contributed by atoms with E-state index in [0.29, 0.717) is 5.41 Å². The molecule has 2 fully saturated rings. The smallest absolute Gasteiger partial charge is 0.400 e. The molecule has 1 aliphatic carbocycles. The van der Waals surface area contributed by atoms with Crippen molar-refractivity contribution in [3.05, 3.63) is 12.1 Å². The first-order chi connectivity index (χ1) is 7.24. The van der Waals surface area contributed by atoms with Gasteiger partial charge in [-0.05, 0) is 46.0 Å². The molecule has 2 aliphatic rings. The highest BCUT2D eigenvalue weighted by Gasteiger charge is 2.50. The third-order valence-electron chi connectivity index (χ3n) is 4.42. The van der Waals surface area contributed by atoms with Gasteiger partial charge in [0.25, 0.3) is 0 Å². The SMILES string of the molecule is CC1(C=CB2OC(C)(C)C(C)(C)O2)CCC1. The molecule has 0 amide bonds. The van der Waals surface area contributed by atoms with Crippen molar-refractivity contribution in [1.29, 1.82) is 0 Å². The molecule has 1 heterocycles. The molecule has 0 unspecified atom stereocenters. The molecular weight excluding hydrogens is 199 g/mol. The van der Waals surface area contributed by atoms with E-state index < -0.39 is 0 Å². The molecule has 2 nitrogen and oxygen atoms in total. The lowest BCUT2D eigenvalue weighted by molar-refractivity contribution is 0.00578. The molecule has 1 aliphatic heterocycles. The molecule has 0 aromatic rings. The van der Waals surface area contributed by atoms with Gasteiger partial charge in [0.05, 0.1) is 11.2 Å². The maximum atomic E-state index is 5.92. The van der Waals surface area contributed by atoms with Crippen molar-refractivity contribution in [2.24, 2.45) is 5.41 Å². The normalized spacial score (nSPS) is 30.7. The number of allylic oxidation sites excluding steroid dienone is 1. The molecule has 16 heavy (non-hydrogen) atoms. The second-order valence-corrected chi connectivity index (χ2v) is 6.49. The fourth-order valence-electron chi connectivity index (χ4n) is 2.18. The third-order valence-corrected chi connectivity index (χ3v) is 4.42. The Morgan fingerprint density at radius 2 is 1.44 bits per heavy atom. The van der Waals surface area contributed by atoms with Gasteiger partial charge in [0, 0.05) is 0 Å². The van der Waals surface area contributed by atoms with Crippen molar-refractivity contribution in [3.63, 3.8) is 0 Å². The number of hydrogen-bond acceptors (Lipinski definition) is 2. The van der Waals surface area contributed by atoms with Gasteiger partial charge >= 0.3 is 7.12 Å². The number of rotatable bonds is 2. The van der Waals surface area contributed by atoms with Gasteiger partial charge < -0.3 is 9.31 Å². The average Bonchev–Trinajstić information content (AvgIpc) is 2.29. The highest BCUT2D eigenvalue weighted by Crippen LogP contribution is 2.42. The van der Waals surface area contributed by atoms with E-state index in [-0.39, 0.29) is 18.3 Å². The van der Waals surface area contributed by atoms with Crippen molar-refractivity contribution in [3.8, 4) is 0 Å². The van der Waals surface area contributed by atoms with Crippen LogP contribution < -0.4 is 0 Å². The summed E-state index contributed by atoms with van der Waals surface area (Å²) in [6.45, 7) is 10.7. The summed E-state index contributed by atoms with van der Waals surface area (Å²) < 4.78 is 11.8. The van der Waals surface area contributed by atoms with Crippen LogP contribution in [0.2, 0.25) is 0 Å². The molecule has 0 aromatic carbocycles. The molecule has 2 rings (SSSR count). The fourth-order valence-corrected chi connectivity index (χ4v) is 2.18. The Morgan fingerprint density at radius 3 is 1.81 bits per heavy atom. The van der Waals surface area contributed by atoms with Crippen LogP contribution in [-0.2, 0) is 9.31 Å². The molecule has 3 heteroatoms. The van der Waals surface area contributed by atoms with E-state index in [1.807, 2.05) is 0 Å². The van der Waals surface area contributed by atoms with Crippen molar-refractivity contribution in [2.75, 3.05) is 0 Å². The maximum absolute atomic E-state index is 5.92. The second kappa shape index (κ2) is 3.61. The third kappa shape index (κ3) is 2.08. The zero-order chi connectivity index (χ0) is 12.0. The summed E-state index contributed by atoms with van der Waals surface area (Å²) in [5.41, 5.74) is -0.0470. The van der Waals surface area contributed by atoms with Crippen LogP contribution in [-0.4, -0.2) is 18.3 Å². The lowest BCUT2D eigenvalue weighted by Gasteiger charge is -2.35. The average molecular weight is 222 g/mol. The van der Waals surface area contributed by atoms with Crippen LogP contribution in [0.5, 0.6) is 0 Å². The Bertz CT molecular complexity index is 287. The van der Waals surface area contributed by atoms with Gasteiger partial charge in [-0.1, -0.05) is 25.4 Å². The highest BCUT2D eigenvalue weighted by molar-refractivity contribution is 6.51. The minimum Gasteiger partial charge on any atom is -0.400 e. The monoisotopic (exact) mass is 222 g/mol.